The number of amides is 1. The lowest BCUT2D eigenvalue weighted by atomic mass is 9.87. The fourth-order valence-corrected chi connectivity index (χ4v) is 16.8. The maximum Gasteiger partial charge on any atom is 0.319 e. The van der Waals surface area contributed by atoms with Crippen molar-refractivity contribution in [2.45, 2.75) is 144 Å². The van der Waals surface area contributed by atoms with E-state index in [1.807, 2.05) is 49.1 Å². The van der Waals surface area contributed by atoms with E-state index < -0.39 is 12.1 Å². The number of H-pyrrole nitrogens is 1. The van der Waals surface area contributed by atoms with Gasteiger partial charge in [-0.2, -0.15) is 20.2 Å². The maximum atomic E-state index is 14.4. The Balaban J connectivity index is 0.605. The molecule has 1 saturated carbocycles. The van der Waals surface area contributed by atoms with Crippen LogP contribution in [0, 0.1) is 29.6 Å². The number of nitrogens with one attached hydrogen (secondary N) is 3. The number of nitrogens with two attached hydrogens (primary N) is 2. The molecule has 6 aromatic rings. The molecule has 8 atom stereocenters. The standard InChI is InChI=1S/C64H81N15O4S2/c1-5-40-35-84-53-28-50-49(29-69-74-50)55(54(40)53)57-59-48(16-23-68-57)56-60(76-31-44-13-14-45(32-76)71-44)72-63(73-61(56)85-59)83-37-64(20-21-64)36-75-25-18-39(19-26-75)7-12-43(65)30-78(66)58(38(3)4)62(82)77-33-47(81)27-46(77)15-22-67-51(34-80)41-8-10-42(11-9-41)52-17-24-70-79(52)6-2/h1,8-11,16-17,23-24,28-30,35,38-39,44-48,51,58-59,67,71,80-81H,6-7,12-15,18-22,25-27,31-34,36-37,65-66H2,2-4H3,(H,69,74)/b43-30-/t44?,45?,46-,47?,48?,51?,58?,59?/m1/s1. The van der Waals surface area contributed by atoms with E-state index >= 15 is 0 Å². The van der Waals surface area contributed by atoms with Crippen LogP contribution in [0.15, 0.2) is 88.4 Å². The van der Waals surface area contributed by atoms with Crippen LogP contribution in [0.25, 0.3) is 32.2 Å². The molecule has 85 heavy (non-hydrogen) atoms. The Labute approximate surface area is 506 Å². The van der Waals surface area contributed by atoms with Gasteiger partial charge in [-0.15, -0.1) is 17.8 Å². The Morgan fingerprint density at radius 3 is 2.62 bits per heavy atom. The van der Waals surface area contributed by atoms with Gasteiger partial charge in [0.25, 0.3) is 0 Å². The number of nitrogens with zero attached hydrogens (tertiary/aromatic N) is 10. The lowest BCUT2D eigenvalue weighted by Crippen LogP contribution is -2.54. The molecule has 0 spiro atoms. The first kappa shape index (κ1) is 57.7. The topological polar surface area (TPSA) is 240 Å². The van der Waals surface area contributed by atoms with E-state index in [9.17, 15) is 15.0 Å². The summed E-state index contributed by atoms with van der Waals surface area (Å²) in [5.41, 5.74) is 15.6. The fourth-order valence-electron chi connectivity index (χ4n) is 14.5. The number of terminal acetylenes is 1. The maximum absolute atomic E-state index is 14.4. The van der Waals surface area contributed by atoms with Crippen molar-refractivity contribution < 1.29 is 19.7 Å². The number of aliphatic hydroxyl groups excluding tert-OH is 2. The molecule has 7 unspecified atom stereocenters. The van der Waals surface area contributed by atoms with Gasteiger partial charge in [0.15, 0.2) is 0 Å². The Morgan fingerprint density at radius 2 is 1.88 bits per heavy atom. The number of hydrogen-bond donors (Lipinski definition) is 7. The Bertz CT molecular complexity index is 3530. The highest BCUT2D eigenvalue weighted by Crippen LogP contribution is 2.54. The zero-order valence-electron chi connectivity index (χ0n) is 49.1. The molecule has 5 fully saturated rings. The molecule has 13 rings (SSSR count). The number of hydrogen-bond acceptors (Lipinski definition) is 18. The number of aliphatic imine (C=N–C) groups is 1. The van der Waals surface area contributed by atoms with Gasteiger partial charge in [0.05, 0.1) is 53.7 Å². The number of aromatic amines is 1. The summed E-state index contributed by atoms with van der Waals surface area (Å²) in [7, 11) is 0. The summed E-state index contributed by atoms with van der Waals surface area (Å²) in [6, 6.07) is 12.6. The van der Waals surface area contributed by atoms with E-state index in [0.29, 0.717) is 62.1 Å². The highest BCUT2D eigenvalue weighted by Gasteiger charge is 2.48. The molecule has 1 amide bonds. The average molecular weight is 1190 g/mol. The van der Waals surface area contributed by atoms with Crippen LogP contribution < -0.4 is 31.8 Å². The average Bonchev–Trinajstić information content (AvgIpc) is 2.05. The molecular weight excluding hydrogens is 1110 g/mol. The number of thiophene rings is 1. The Morgan fingerprint density at radius 1 is 1.08 bits per heavy atom. The van der Waals surface area contributed by atoms with Crippen molar-refractivity contribution in [1.82, 2.24) is 55.4 Å². The number of carbonyl (C=O) groups is 1. The van der Waals surface area contributed by atoms with Crippen molar-refractivity contribution in [2.24, 2.45) is 33.8 Å². The quantitative estimate of drug-likeness (QED) is 0.0153. The van der Waals surface area contributed by atoms with Crippen LogP contribution in [0.1, 0.15) is 119 Å². The number of carbonyl (C=O) groups excluding carboxylic acids is 1. The number of aryl methyl sites for hydroxylation is 1. The van der Waals surface area contributed by atoms with Gasteiger partial charge in [-0.25, -0.2) is 5.84 Å². The van der Waals surface area contributed by atoms with Crippen LogP contribution >= 0.6 is 23.1 Å². The third-order valence-electron chi connectivity index (χ3n) is 19.2. The molecule has 10 heterocycles. The number of hydrazine groups is 1. The fraction of sp³-hybridized carbons (Fsp3) is 0.531. The molecule has 19 nitrogen and oxygen atoms in total. The zero-order chi connectivity index (χ0) is 58.5. The number of rotatable bonds is 22. The number of ether oxygens (including phenoxy) is 1. The van der Waals surface area contributed by atoms with Crippen LogP contribution in [0.5, 0.6) is 6.01 Å². The largest absolute Gasteiger partial charge is 0.463 e. The third-order valence-corrected chi connectivity index (χ3v) is 21.4. The van der Waals surface area contributed by atoms with Gasteiger partial charge in [0, 0.05) is 124 Å². The highest BCUT2D eigenvalue weighted by molar-refractivity contribution is 8.01. The second-order valence-corrected chi connectivity index (χ2v) is 27.4. The Kier molecular flexibility index (Phi) is 16.6. The highest BCUT2D eigenvalue weighted by atomic mass is 32.2. The van der Waals surface area contributed by atoms with E-state index in [1.54, 1.807) is 40.4 Å². The summed E-state index contributed by atoms with van der Waals surface area (Å²) in [6.45, 7) is 13.0. The third kappa shape index (κ3) is 11.7. The van der Waals surface area contributed by atoms with Gasteiger partial charge in [-0.1, -0.05) is 61.9 Å². The Hall–Kier alpha value is -6.35. The minimum absolute atomic E-state index is 0.0245. The van der Waals surface area contributed by atoms with Crippen LogP contribution in [0.2, 0.25) is 0 Å². The first-order valence-electron chi connectivity index (χ1n) is 30.8. The molecule has 9 N–H and O–H groups in total. The number of piperidine rings is 1. The molecule has 7 aliphatic rings. The SMILES string of the molecule is C#Cc1csc2cc3[nH]ncc3c(C3=NC=CC4c5c(nc(OCC6(CN7CCC(CC/C(N)=C/N(N)C(C(=O)N8CC(O)C[C@H]8CCNC(CO)c8ccc(-c9ccnn9CC)cc8)C(C)C)CC7)CC6)nc5N5CC6CCC(C5)N6)SC34)c12. The number of benzene rings is 2. The molecule has 21 heteroatoms. The lowest BCUT2D eigenvalue weighted by Gasteiger charge is -2.36. The molecule has 4 aromatic heterocycles. The second-order valence-electron chi connectivity index (χ2n) is 25.3. The molecule has 6 aliphatic heterocycles. The van der Waals surface area contributed by atoms with Gasteiger partial charge < -0.3 is 51.0 Å². The van der Waals surface area contributed by atoms with E-state index in [-0.39, 0.29) is 53.6 Å². The van der Waals surface area contributed by atoms with Crippen LogP contribution in [0.3, 0.4) is 0 Å². The van der Waals surface area contributed by atoms with Crippen molar-refractivity contribution >= 4 is 61.5 Å². The van der Waals surface area contributed by atoms with E-state index in [4.69, 9.17) is 37.7 Å². The number of β-amino-alcohol motifs (C(OH)–C–C–N with tert-alkyl or cyclic N) is 1. The monoisotopic (exact) mass is 1190 g/mol. The molecule has 2 bridgehead atoms. The summed E-state index contributed by atoms with van der Waals surface area (Å²) < 4.78 is 9.86. The molecular formula is C64H81N15O4S2. The number of anilines is 1. The zero-order valence-corrected chi connectivity index (χ0v) is 50.7. The predicted octanol–water partition coefficient (Wildman–Crippen LogP) is 7.27. The minimum atomic E-state index is -0.646. The number of aromatic nitrogens is 6. The van der Waals surface area contributed by atoms with Crippen LogP contribution in [-0.2, 0) is 11.3 Å². The van der Waals surface area contributed by atoms with E-state index in [2.05, 4.69) is 78.2 Å². The molecule has 1 aliphatic carbocycles. The summed E-state index contributed by atoms with van der Waals surface area (Å²) in [6.07, 6.45) is 24.7. The second kappa shape index (κ2) is 24.4. The first-order valence-corrected chi connectivity index (χ1v) is 32.6. The van der Waals surface area contributed by atoms with Crippen LogP contribution in [-0.4, -0.2) is 161 Å². The van der Waals surface area contributed by atoms with Crippen molar-refractivity contribution in [3.63, 3.8) is 0 Å². The normalized spacial score (nSPS) is 24.5. The number of thioether (sulfide) groups is 1. The van der Waals surface area contributed by atoms with Crippen molar-refractivity contribution in [3.05, 3.63) is 101 Å². The minimum Gasteiger partial charge on any atom is -0.463 e. The van der Waals surface area contributed by atoms with Gasteiger partial charge in [0.1, 0.15) is 16.9 Å². The number of aliphatic hydroxyl groups is 2. The van der Waals surface area contributed by atoms with Gasteiger partial charge in [-0.05, 0) is 126 Å². The van der Waals surface area contributed by atoms with Crippen molar-refractivity contribution in [1.29, 1.82) is 0 Å². The van der Waals surface area contributed by atoms with E-state index in [0.717, 1.165) is 137 Å². The van der Waals surface area contributed by atoms with Crippen molar-refractivity contribution in [3.8, 4) is 29.6 Å². The summed E-state index contributed by atoms with van der Waals surface area (Å²) in [4.78, 5) is 37.0. The molecule has 2 aromatic carbocycles. The molecule has 4 saturated heterocycles. The van der Waals surface area contributed by atoms with Gasteiger partial charge in [0.2, 0.25) is 5.91 Å². The molecule has 448 valence electrons. The van der Waals surface area contributed by atoms with Crippen molar-refractivity contribution in [2.75, 3.05) is 63.9 Å². The number of allylic oxidation sites excluding steroid dienone is 2. The number of fused-ring (bicyclic) bond motifs is 7. The number of piperazine rings is 1. The first-order chi connectivity index (χ1) is 41.4. The summed E-state index contributed by atoms with van der Waals surface area (Å²) >= 11 is 3.43. The van der Waals surface area contributed by atoms with Crippen LogP contribution in [0.4, 0.5) is 5.82 Å². The van der Waals surface area contributed by atoms with E-state index in [1.165, 1.54) is 23.4 Å². The summed E-state index contributed by atoms with van der Waals surface area (Å²) in [5, 5.41) is 47.2. The molecule has 0 radical (unpaired) electrons. The lowest BCUT2D eigenvalue weighted by molar-refractivity contribution is -0.139. The number of likely N-dealkylation sites (tertiary alicyclic amines) is 2. The summed E-state index contributed by atoms with van der Waals surface area (Å²) in [5.74, 6) is 11.0. The van der Waals surface area contributed by atoms with Gasteiger partial charge >= 0.3 is 6.01 Å². The smallest absolute Gasteiger partial charge is 0.319 e. The predicted molar refractivity (Wildman–Crippen MR) is 336 cm³/mol. The van der Waals surface area contributed by atoms with Gasteiger partial charge in [-0.3, -0.25) is 19.6 Å².